The molecule has 1 atom stereocenters. The molecule has 17 heavy (non-hydrogen) atoms. The van der Waals surface area contributed by atoms with Gasteiger partial charge in [-0.25, -0.2) is 4.79 Å². The highest BCUT2D eigenvalue weighted by atomic mass is 16.4. The molecular weight excluding hydrogens is 222 g/mol. The van der Waals surface area contributed by atoms with Gasteiger partial charge in [0, 0.05) is 32.7 Å². The molecule has 0 aromatic carbocycles. The van der Waals surface area contributed by atoms with Gasteiger partial charge in [0.15, 0.2) is 0 Å². The summed E-state index contributed by atoms with van der Waals surface area (Å²) in [7, 11) is 0. The van der Waals surface area contributed by atoms with Crippen molar-refractivity contribution < 1.29 is 14.7 Å². The fourth-order valence-corrected chi connectivity index (χ4v) is 2.09. The number of hydrogen-bond acceptors (Lipinski definition) is 3. The van der Waals surface area contributed by atoms with Crippen molar-refractivity contribution in [3.8, 4) is 0 Å². The number of carbonyl (C=O) groups is 2. The highest BCUT2D eigenvalue weighted by Crippen LogP contribution is 2.09. The Balaban J connectivity index is 2.44. The highest BCUT2D eigenvalue weighted by molar-refractivity contribution is 5.75. The van der Waals surface area contributed by atoms with Crippen LogP contribution in [0.3, 0.4) is 0 Å². The van der Waals surface area contributed by atoms with Gasteiger partial charge in [0.2, 0.25) is 0 Å². The van der Waals surface area contributed by atoms with Crippen molar-refractivity contribution in [2.24, 2.45) is 0 Å². The number of carboxylic acids is 1. The molecular formula is C11H21N3O3. The van der Waals surface area contributed by atoms with Crippen LogP contribution in [0.4, 0.5) is 4.79 Å². The van der Waals surface area contributed by atoms with Crippen molar-refractivity contribution in [1.82, 2.24) is 15.1 Å². The third kappa shape index (κ3) is 3.59. The molecule has 1 aliphatic rings. The van der Waals surface area contributed by atoms with Gasteiger partial charge in [-0.3, -0.25) is 9.69 Å². The second kappa shape index (κ2) is 6.44. The summed E-state index contributed by atoms with van der Waals surface area (Å²) in [5.41, 5.74) is 0. The van der Waals surface area contributed by atoms with Crippen molar-refractivity contribution in [2.45, 2.75) is 26.3 Å². The van der Waals surface area contributed by atoms with Crippen molar-refractivity contribution in [3.63, 3.8) is 0 Å². The highest BCUT2D eigenvalue weighted by Gasteiger charge is 2.28. The van der Waals surface area contributed by atoms with Gasteiger partial charge < -0.3 is 15.3 Å². The van der Waals surface area contributed by atoms with E-state index in [0.717, 1.165) is 0 Å². The van der Waals surface area contributed by atoms with E-state index in [1.54, 1.807) is 4.90 Å². The van der Waals surface area contributed by atoms with E-state index in [0.29, 0.717) is 39.1 Å². The average Bonchev–Trinajstić information content (AvgIpc) is 2.30. The van der Waals surface area contributed by atoms with E-state index in [1.807, 2.05) is 18.7 Å². The molecule has 0 spiro atoms. The van der Waals surface area contributed by atoms with Gasteiger partial charge in [-0.05, 0) is 13.3 Å². The first-order chi connectivity index (χ1) is 8.10. The summed E-state index contributed by atoms with van der Waals surface area (Å²) in [5.74, 6) is -0.779. The fourth-order valence-electron chi connectivity index (χ4n) is 2.09. The number of carboxylic acid groups (broad SMARTS) is 1. The van der Waals surface area contributed by atoms with E-state index in [2.05, 4.69) is 5.32 Å². The Kier molecular flexibility index (Phi) is 5.21. The molecule has 1 rings (SSSR count). The molecule has 1 saturated heterocycles. The van der Waals surface area contributed by atoms with Gasteiger partial charge in [0.1, 0.15) is 6.04 Å². The zero-order valence-electron chi connectivity index (χ0n) is 10.5. The molecule has 0 saturated carbocycles. The lowest BCUT2D eigenvalue weighted by Crippen LogP contribution is -2.55. The lowest BCUT2D eigenvalue weighted by atomic mass is 10.1. The normalized spacial score (nSPS) is 18.8. The number of hydrogen-bond donors (Lipinski definition) is 2. The summed E-state index contributed by atoms with van der Waals surface area (Å²) in [6.45, 7) is 6.81. The maximum atomic E-state index is 11.6. The van der Waals surface area contributed by atoms with Crippen LogP contribution in [0.1, 0.15) is 20.3 Å². The first-order valence-electron chi connectivity index (χ1n) is 6.09. The largest absolute Gasteiger partial charge is 0.480 e. The quantitative estimate of drug-likeness (QED) is 0.739. The third-order valence-electron chi connectivity index (χ3n) is 3.04. The van der Waals surface area contributed by atoms with Gasteiger partial charge in [-0.1, -0.05) is 6.92 Å². The lowest BCUT2D eigenvalue weighted by Gasteiger charge is -2.37. The molecule has 1 aliphatic heterocycles. The number of piperazine rings is 1. The molecule has 0 bridgehead atoms. The minimum Gasteiger partial charge on any atom is -0.480 e. The van der Waals surface area contributed by atoms with E-state index in [-0.39, 0.29) is 6.03 Å². The topological polar surface area (TPSA) is 72.9 Å². The van der Waals surface area contributed by atoms with Crippen LogP contribution in [0.5, 0.6) is 0 Å². The standard InChI is InChI=1S/C11H21N3O3/c1-3-9(10(15)16)13-5-7-14(8-6-13)11(17)12-4-2/h9H,3-8H2,1-2H3,(H,12,17)(H,15,16). The summed E-state index contributed by atoms with van der Waals surface area (Å²) in [5, 5.41) is 11.8. The Labute approximate surface area is 102 Å². The van der Waals surface area contributed by atoms with Gasteiger partial charge >= 0.3 is 12.0 Å². The van der Waals surface area contributed by atoms with E-state index in [1.165, 1.54) is 0 Å². The van der Waals surface area contributed by atoms with Crippen LogP contribution >= 0.6 is 0 Å². The molecule has 2 amide bonds. The van der Waals surface area contributed by atoms with Crippen LogP contribution in [0.25, 0.3) is 0 Å². The van der Waals surface area contributed by atoms with Crippen molar-refractivity contribution in [3.05, 3.63) is 0 Å². The number of carbonyl (C=O) groups excluding carboxylic acids is 1. The molecule has 1 unspecified atom stereocenters. The van der Waals surface area contributed by atoms with Gasteiger partial charge in [0.05, 0.1) is 0 Å². The Morgan fingerprint density at radius 1 is 1.24 bits per heavy atom. The monoisotopic (exact) mass is 243 g/mol. The predicted octanol–water partition coefficient (Wildman–Crippen LogP) is 0.197. The number of amides is 2. The Morgan fingerprint density at radius 3 is 2.24 bits per heavy atom. The SMILES string of the molecule is CCNC(=O)N1CCN(C(CC)C(=O)O)CC1. The molecule has 1 heterocycles. The van der Waals surface area contributed by atoms with Crippen LogP contribution in [-0.4, -0.2) is 65.7 Å². The molecule has 0 aromatic heterocycles. The molecule has 98 valence electrons. The van der Waals surface area contributed by atoms with Crippen LogP contribution in [0.2, 0.25) is 0 Å². The minimum atomic E-state index is -0.779. The number of urea groups is 1. The van der Waals surface area contributed by atoms with Gasteiger partial charge in [-0.2, -0.15) is 0 Å². The summed E-state index contributed by atoms with van der Waals surface area (Å²) >= 11 is 0. The van der Waals surface area contributed by atoms with Crippen molar-refractivity contribution in [1.29, 1.82) is 0 Å². The smallest absolute Gasteiger partial charge is 0.320 e. The third-order valence-corrected chi connectivity index (χ3v) is 3.04. The first-order valence-corrected chi connectivity index (χ1v) is 6.09. The second-order valence-electron chi connectivity index (χ2n) is 4.12. The van der Waals surface area contributed by atoms with Crippen molar-refractivity contribution >= 4 is 12.0 Å². The van der Waals surface area contributed by atoms with Crippen molar-refractivity contribution in [2.75, 3.05) is 32.7 Å². The maximum Gasteiger partial charge on any atom is 0.320 e. The molecule has 1 fully saturated rings. The van der Waals surface area contributed by atoms with E-state index in [9.17, 15) is 9.59 Å². The lowest BCUT2D eigenvalue weighted by molar-refractivity contribution is -0.144. The van der Waals surface area contributed by atoms with Gasteiger partial charge in [0.25, 0.3) is 0 Å². The van der Waals surface area contributed by atoms with E-state index in [4.69, 9.17) is 5.11 Å². The molecule has 6 nitrogen and oxygen atoms in total. The van der Waals surface area contributed by atoms with E-state index >= 15 is 0 Å². The van der Waals surface area contributed by atoms with Gasteiger partial charge in [-0.15, -0.1) is 0 Å². The zero-order chi connectivity index (χ0) is 12.8. The predicted molar refractivity (Wildman–Crippen MR) is 63.9 cm³/mol. The summed E-state index contributed by atoms with van der Waals surface area (Å²) in [4.78, 5) is 26.2. The van der Waals surface area contributed by atoms with Crippen LogP contribution in [0, 0.1) is 0 Å². The van der Waals surface area contributed by atoms with Crippen LogP contribution < -0.4 is 5.32 Å². The number of nitrogens with one attached hydrogen (secondary N) is 1. The zero-order valence-corrected chi connectivity index (χ0v) is 10.5. The summed E-state index contributed by atoms with van der Waals surface area (Å²) < 4.78 is 0. The Morgan fingerprint density at radius 2 is 1.82 bits per heavy atom. The molecule has 0 aromatic rings. The second-order valence-corrected chi connectivity index (χ2v) is 4.12. The number of rotatable bonds is 4. The Hall–Kier alpha value is -1.30. The number of nitrogens with zero attached hydrogens (tertiary/aromatic N) is 2. The molecule has 2 N–H and O–H groups in total. The molecule has 0 aliphatic carbocycles. The Bertz CT molecular complexity index is 275. The summed E-state index contributed by atoms with van der Waals surface area (Å²) in [6.07, 6.45) is 0.594. The first kappa shape index (κ1) is 13.8. The molecule has 0 radical (unpaired) electrons. The number of aliphatic carboxylic acids is 1. The fraction of sp³-hybridized carbons (Fsp3) is 0.818. The average molecular weight is 243 g/mol. The van der Waals surface area contributed by atoms with Crippen LogP contribution in [0.15, 0.2) is 0 Å². The summed E-state index contributed by atoms with van der Waals surface area (Å²) in [6, 6.07) is -0.484. The minimum absolute atomic E-state index is 0.0597. The molecule has 6 heteroatoms. The van der Waals surface area contributed by atoms with Crippen LogP contribution in [-0.2, 0) is 4.79 Å². The van der Waals surface area contributed by atoms with E-state index < -0.39 is 12.0 Å². The maximum absolute atomic E-state index is 11.6.